The van der Waals surface area contributed by atoms with E-state index in [-0.39, 0.29) is 40.2 Å². The van der Waals surface area contributed by atoms with Gasteiger partial charge >= 0.3 is 0 Å². The molecule has 0 bridgehead atoms. The van der Waals surface area contributed by atoms with Crippen LogP contribution in [0.25, 0.3) is 0 Å². The maximum Gasteiger partial charge on any atom is 0.141 e. The fraction of sp³-hybridized carbons (Fsp3) is 0.133. The Balaban J connectivity index is 2.13. The van der Waals surface area contributed by atoms with Crippen molar-refractivity contribution in [2.75, 3.05) is 0 Å². The molecule has 2 aromatic rings. The summed E-state index contributed by atoms with van der Waals surface area (Å²) in [5, 5.41) is 20.4. The molecule has 0 fully saturated rings. The lowest BCUT2D eigenvalue weighted by atomic mass is 10.0. The predicted molar refractivity (Wildman–Crippen MR) is 83.7 cm³/mol. The van der Waals surface area contributed by atoms with E-state index in [2.05, 4.69) is 0 Å². The van der Waals surface area contributed by atoms with Gasteiger partial charge in [-0.05, 0) is 18.2 Å². The highest BCUT2D eigenvalue weighted by molar-refractivity contribution is 6.42. The van der Waals surface area contributed by atoms with E-state index in [0.29, 0.717) is 16.1 Å². The first-order valence-electron chi connectivity index (χ1n) is 6.03. The number of halogens is 3. The number of carbonyl (C=O) groups excluding carboxylic acids is 1. The van der Waals surface area contributed by atoms with Crippen molar-refractivity contribution in [2.45, 2.75) is 12.8 Å². The normalized spacial score (nSPS) is 10.6. The average molecular weight is 346 g/mol. The largest absolute Gasteiger partial charge is 0.508 e. The van der Waals surface area contributed by atoms with Gasteiger partial charge in [-0.2, -0.15) is 0 Å². The minimum absolute atomic E-state index is 0.00914. The highest BCUT2D eigenvalue weighted by Gasteiger charge is 2.13. The van der Waals surface area contributed by atoms with Crippen LogP contribution in [-0.4, -0.2) is 16.0 Å². The van der Waals surface area contributed by atoms with Gasteiger partial charge in [-0.15, -0.1) is 0 Å². The lowest BCUT2D eigenvalue weighted by molar-refractivity contribution is -0.117. The van der Waals surface area contributed by atoms with E-state index in [0.717, 1.165) is 0 Å². The molecule has 0 amide bonds. The van der Waals surface area contributed by atoms with Gasteiger partial charge < -0.3 is 10.2 Å². The van der Waals surface area contributed by atoms with Crippen molar-refractivity contribution in [1.82, 2.24) is 0 Å². The van der Waals surface area contributed by atoms with Gasteiger partial charge in [-0.25, -0.2) is 0 Å². The molecule has 0 heterocycles. The average Bonchev–Trinajstić information content (AvgIpc) is 2.39. The second-order valence-corrected chi connectivity index (χ2v) is 5.81. The van der Waals surface area contributed by atoms with Gasteiger partial charge in [0.25, 0.3) is 0 Å². The summed E-state index contributed by atoms with van der Waals surface area (Å²) in [6.07, 6.45) is 0.0213. The Morgan fingerprint density at radius 1 is 0.857 bits per heavy atom. The number of hydrogen-bond donors (Lipinski definition) is 2. The van der Waals surface area contributed by atoms with Crippen LogP contribution in [0.2, 0.25) is 15.1 Å². The SMILES string of the molecule is O=C(Cc1ccc(Cl)cc1O)Cc1cc(Cl)c(Cl)cc1O. The number of carbonyl (C=O) groups is 1. The smallest absolute Gasteiger partial charge is 0.141 e. The summed E-state index contributed by atoms with van der Waals surface area (Å²) >= 11 is 17.4. The third-order valence-corrected chi connectivity index (χ3v) is 3.90. The molecule has 0 aliphatic carbocycles. The molecule has 0 radical (unpaired) electrons. The minimum atomic E-state index is -0.179. The maximum absolute atomic E-state index is 12.0. The van der Waals surface area contributed by atoms with Crippen LogP contribution in [0.15, 0.2) is 30.3 Å². The van der Waals surface area contributed by atoms with Gasteiger partial charge in [0.05, 0.1) is 10.0 Å². The molecular formula is C15H11Cl3O3. The van der Waals surface area contributed by atoms with E-state index in [1.165, 1.54) is 18.2 Å². The van der Waals surface area contributed by atoms with Crippen molar-refractivity contribution in [1.29, 1.82) is 0 Å². The van der Waals surface area contributed by atoms with E-state index >= 15 is 0 Å². The Bertz CT molecular complexity index is 699. The number of benzene rings is 2. The monoisotopic (exact) mass is 344 g/mol. The molecule has 0 unspecified atom stereocenters. The van der Waals surface area contributed by atoms with Crippen LogP contribution >= 0.6 is 34.8 Å². The maximum atomic E-state index is 12.0. The van der Waals surface area contributed by atoms with E-state index in [4.69, 9.17) is 34.8 Å². The van der Waals surface area contributed by atoms with Crippen molar-refractivity contribution in [2.24, 2.45) is 0 Å². The second kappa shape index (κ2) is 6.56. The third kappa shape index (κ3) is 4.03. The molecule has 0 aliphatic rings. The molecule has 21 heavy (non-hydrogen) atoms. The van der Waals surface area contributed by atoms with E-state index < -0.39 is 0 Å². The van der Waals surface area contributed by atoms with Crippen LogP contribution in [-0.2, 0) is 17.6 Å². The van der Waals surface area contributed by atoms with Gasteiger partial charge in [0.15, 0.2) is 0 Å². The summed E-state index contributed by atoms with van der Waals surface area (Å²) in [7, 11) is 0. The molecular weight excluding hydrogens is 335 g/mol. The van der Waals surface area contributed by atoms with Crippen molar-refractivity contribution in [3.63, 3.8) is 0 Å². The van der Waals surface area contributed by atoms with Gasteiger partial charge in [-0.3, -0.25) is 4.79 Å². The Kier molecular flexibility index (Phi) is 4.99. The number of aromatic hydroxyl groups is 2. The summed E-state index contributed by atoms with van der Waals surface area (Å²) < 4.78 is 0. The van der Waals surface area contributed by atoms with E-state index in [1.807, 2.05) is 0 Å². The van der Waals surface area contributed by atoms with Crippen molar-refractivity contribution >= 4 is 40.6 Å². The standard InChI is InChI=1S/C15H11Cl3O3/c16-10-2-1-8(14(20)6-10)3-11(19)4-9-5-12(17)13(18)7-15(9)21/h1-2,5-7,20-21H,3-4H2. The van der Waals surface area contributed by atoms with Crippen LogP contribution in [0.4, 0.5) is 0 Å². The van der Waals surface area contributed by atoms with Crippen LogP contribution in [0, 0.1) is 0 Å². The molecule has 2 N–H and O–H groups in total. The molecule has 110 valence electrons. The molecule has 2 rings (SSSR count). The molecule has 6 heteroatoms. The van der Waals surface area contributed by atoms with E-state index in [1.54, 1.807) is 12.1 Å². The molecule has 0 aliphatic heterocycles. The van der Waals surface area contributed by atoms with Gasteiger partial charge in [0.2, 0.25) is 0 Å². The Hall–Kier alpha value is -1.42. The summed E-state index contributed by atoms with van der Waals surface area (Å²) in [5.74, 6) is -0.298. The number of hydrogen-bond acceptors (Lipinski definition) is 3. The highest BCUT2D eigenvalue weighted by Crippen LogP contribution is 2.30. The van der Waals surface area contributed by atoms with Gasteiger partial charge in [-0.1, -0.05) is 40.9 Å². The fourth-order valence-electron chi connectivity index (χ4n) is 1.89. The van der Waals surface area contributed by atoms with Crippen molar-refractivity contribution in [3.8, 4) is 11.5 Å². The lowest BCUT2D eigenvalue weighted by Crippen LogP contribution is -2.07. The first-order chi connectivity index (χ1) is 9.86. The van der Waals surface area contributed by atoms with Crippen LogP contribution in [0.1, 0.15) is 11.1 Å². The highest BCUT2D eigenvalue weighted by atomic mass is 35.5. The number of phenols is 2. The van der Waals surface area contributed by atoms with Crippen molar-refractivity contribution < 1.29 is 15.0 Å². The second-order valence-electron chi connectivity index (χ2n) is 4.56. The molecule has 2 aromatic carbocycles. The first-order valence-corrected chi connectivity index (χ1v) is 7.16. The van der Waals surface area contributed by atoms with Crippen LogP contribution < -0.4 is 0 Å². The Labute approximate surface area is 136 Å². The summed E-state index contributed by atoms with van der Waals surface area (Å²) in [6.45, 7) is 0. The first kappa shape index (κ1) is 16.0. The minimum Gasteiger partial charge on any atom is -0.508 e. The zero-order valence-electron chi connectivity index (χ0n) is 10.7. The molecule has 0 saturated carbocycles. The topological polar surface area (TPSA) is 57.5 Å². The quantitative estimate of drug-likeness (QED) is 0.863. The molecule has 0 aromatic heterocycles. The number of Topliss-reactive ketones (excluding diaryl/α,β-unsaturated/α-hetero) is 1. The van der Waals surface area contributed by atoms with Crippen LogP contribution in [0.5, 0.6) is 11.5 Å². The fourth-order valence-corrected chi connectivity index (χ4v) is 2.40. The zero-order chi connectivity index (χ0) is 15.6. The Morgan fingerprint density at radius 2 is 1.43 bits per heavy atom. The number of ketones is 1. The van der Waals surface area contributed by atoms with E-state index in [9.17, 15) is 15.0 Å². The van der Waals surface area contributed by atoms with Gasteiger partial charge in [0.1, 0.15) is 17.3 Å². The summed E-state index contributed by atoms with van der Waals surface area (Å²) in [5.41, 5.74) is 0.867. The molecule has 0 spiro atoms. The zero-order valence-corrected chi connectivity index (χ0v) is 13.0. The van der Waals surface area contributed by atoms with Crippen LogP contribution in [0.3, 0.4) is 0 Å². The molecule has 0 atom stereocenters. The number of rotatable bonds is 4. The van der Waals surface area contributed by atoms with Gasteiger partial charge in [0, 0.05) is 35.1 Å². The summed E-state index contributed by atoms with van der Waals surface area (Å²) in [6, 6.07) is 7.32. The summed E-state index contributed by atoms with van der Waals surface area (Å²) in [4.78, 5) is 12.0. The predicted octanol–water partition coefficient (Wildman–Crippen LogP) is 4.41. The lowest BCUT2D eigenvalue weighted by Gasteiger charge is -2.07. The van der Waals surface area contributed by atoms with Crippen molar-refractivity contribution in [3.05, 3.63) is 56.5 Å². The molecule has 3 nitrogen and oxygen atoms in total. The third-order valence-electron chi connectivity index (χ3n) is 2.94. The number of phenolic OH excluding ortho intramolecular Hbond substituents is 2. The molecule has 0 saturated heterocycles. The Morgan fingerprint density at radius 3 is 2.10 bits per heavy atom.